The van der Waals surface area contributed by atoms with Crippen LogP contribution in [0.5, 0.6) is 5.75 Å². The summed E-state index contributed by atoms with van der Waals surface area (Å²) in [6.07, 6.45) is 3.47. The van der Waals surface area contributed by atoms with E-state index in [1.54, 1.807) is 7.05 Å². The number of rotatable bonds is 6. The van der Waals surface area contributed by atoms with E-state index in [0.717, 1.165) is 37.8 Å². The van der Waals surface area contributed by atoms with Crippen LogP contribution in [0.15, 0.2) is 18.2 Å². The largest absolute Gasteiger partial charge is 0.489 e. The van der Waals surface area contributed by atoms with Crippen molar-refractivity contribution in [2.24, 2.45) is 5.92 Å². The Labute approximate surface area is 140 Å². The van der Waals surface area contributed by atoms with Crippen LogP contribution in [0, 0.1) is 17.6 Å². The number of carbonyl (C=O) groups excluding carboxylic acids is 1. The smallest absolute Gasteiger partial charge is 0.317 e. The van der Waals surface area contributed by atoms with Crippen molar-refractivity contribution in [1.29, 1.82) is 0 Å². The molecule has 0 spiro atoms. The Kier molecular flexibility index (Phi) is 6.78. The first-order valence-corrected chi connectivity index (χ1v) is 8.22. The number of amides is 2. The molecule has 2 rings (SSSR count). The van der Waals surface area contributed by atoms with Crippen LogP contribution >= 0.6 is 0 Å². The van der Waals surface area contributed by atoms with Crippen molar-refractivity contribution in [3.63, 3.8) is 0 Å². The fourth-order valence-electron chi connectivity index (χ4n) is 2.88. The zero-order valence-corrected chi connectivity index (χ0v) is 13.8. The van der Waals surface area contributed by atoms with Crippen LogP contribution in [-0.4, -0.2) is 48.9 Å². The third kappa shape index (κ3) is 5.33. The number of urea groups is 1. The van der Waals surface area contributed by atoms with Gasteiger partial charge in [-0.25, -0.2) is 13.6 Å². The third-order valence-electron chi connectivity index (χ3n) is 4.25. The number of carbonyl (C=O) groups is 1. The summed E-state index contributed by atoms with van der Waals surface area (Å²) in [6.45, 7) is 0.780. The van der Waals surface area contributed by atoms with E-state index >= 15 is 0 Å². The number of aliphatic hydroxyl groups is 1. The predicted octanol–water partition coefficient (Wildman–Crippen LogP) is 2.54. The van der Waals surface area contributed by atoms with E-state index in [9.17, 15) is 18.7 Å². The van der Waals surface area contributed by atoms with Crippen molar-refractivity contribution in [2.45, 2.75) is 31.8 Å². The lowest BCUT2D eigenvalue weighted by Gasteiger charge is -2.31. The second kappa shape index (κ2) is 8.82. The Balaban J connectivity index is 1.68. The van der Waals surface area contributed by atoms with Crippen molar-refractivity contribution in [2.75, 3.05) is 26.7 Å². The number of aliphatic hydroxyl groups excluding tert-OH is 1. The van der Waals surface area contributed by atoms with Gasteiger partial charge in [-0.05, 0) is 25.0 Å². The van der Waals surface area contributed by atoms with Crippen molar-refractivity contribution in [1.82, 2.24) is 10.2 Å². The van der Waals surface area contributed by atoms with Gasteiger partial charge in [0.05, 0.1) is 12.6 Å². The Morgan fingerprint density at radius 3 is 2.83 bits per heavy atom. The lowest BCUT2D eigenvalue weighted by molar-refractivity contribution is 0.0564. The first kappa shape index (κ1) is 18.4. The molecule has 0 saturated heterocycles. The molecule has 2 amide bonds. The van der Waals surface area contributed by atoms with Gasteiger partial charge in [-0.2, -0.15) is 0 Å². The highest BCUT2D eigenvalue weighted by Crippen LogP contribution is 2.24. The molecule has 1 aromatic carbocycles. The Hall–Kier alpha value is -1.89. The van der Waals surface area contributed by atoms with Gasteiger partial charge >= 0.3 is 6.03 Å². The second-order valence-corrected chi connectivity index (χ2v) is 6.15. The van der Waals surface area contributed by atoms with E-state index in [1.165, 1.54) is 11.0 Å². The normalized spacial score (nSPS) is 20.5. The van der Waals surface area contributed by atoms with Crippen molar-refractivity contribution < 1.29 is 23.4 Å². The fourth-order valence-corrected chi connectivity index (χ4v) is 2.88. The van der Waals surface area contributed by atoms with Gasteiger partial charge in [-0.1, -0.05) is 12.8 Å². The van der Waals surface area contributed by atoms with Crippen LogP contribution in [0.25, 0.3) is 0 Å². The highest BCUT2D eigenvalue weighted by Gasteiger charge is 2.25. The lowest BCUT2D eigenvalue weighted by atomic mass is 9.86. The molecule has 5 nitrogen and oxygen atoms in total. The van der Waals surface area contributed by atoms with Crippen LogP contribution in [0.1, 0.15) is 25.7 Å². The molecule has 2 atom stereocenters. The third-order valence-corrected chi connectivity index (χ3v) is 4.25. The summed E-state index contributed by atoms with van der Waals surface area (Å²) in [5.74, 6) is -1.38. The minimum absolute atomic E-state index is 0.0515. The average molecular weight is 342 g/mol. The van der Waals surface area contributed by atoms with Gasteiger partial charge < -0.3 is 20.1 Å². The zero-order chi connectivity index (χ0) is 17.5. The van der Waals surface area contributed by atoms with Gasteiger partial charge in [0.1, 0.15) is 12.4 Å². The molecule has 1 aromatic rings. The van der Waals surface area contributed by atoms with Crippen LogP contribution in [0.2, 0.25) is 0 Å². The topological polar surface area (TPSA) is 61.8 Å². The van der Waals surface area contributed by atoms with Crippen LogP contribution in [0.4, 0.5) is 13.6 Å². The van der Waals surface area contributed by atoms with Crippen molar-refractivity contribution >= 4 is 6.03 Å². The summed E-state index contributed by atoms with van der Waals surface area (Å²) in [7, 11) is 1.68. The quantitative estimate of drug-likeness (QED) is 0.781. The molecule has 2 N–H and O–H groups in total. The highest BCUT2D eigenvalue weighted by molar-refractivity contribution is 5.73. The van der Waals surface area contributed by atoms with Gasteiger partial charge in [0, 0.05) is 25.6 Å². The number of nitrogens with zero attached hydrogens (tertiary/aromatic N) is 1. The van der Waals surface area contributed by atoms with E-state index in [1.807, 2.05) is 0 Å². The molecule has 0 heterocycles. The highest BCUT2D eigenvalue weighted by atomic mass is 19.1. The summed E-state index contributed by atoms with van der Waals surface area (Å²) in [5.41, 5.74) is 0. The SMILES string of the molecule is CN(CC1CCCCC1O)C(=O)NCCOc1ccc(F)cc1F. The average Bonchev–Trinajstić information content (AvgIpc) is 2.55. The summed E-state index contributed by atoms with van der Waals surface area (Å²) in [6, 6.07) is 2.80. The molecule has 7 heteroatoms. The number of benzene rings is 1. The van der Waals surface area contributed by atoms with Crippen LogP contribution in [0.3, 0.4) is 0 Å². The summed E-state index contributed by atoms with van der Waals surface area (Å²) >= 11 is 0. The molecule has 0 aliphatic heterocycles. The molecule has 24 heavy (non-hydrogen) atoms. The molecule has 1 saturated carbocycles. The van der Waals surface area contributed by atoms with Gasteiger partial charge in [0.15, 0.2) is 11.6 Å². The lowest BCUT2D eigenvalue weighted by Crippen LogP contribution is -2.43. The van der Waals surface area contributed by atoms with Gasteiger partial charge in [0.2, 0.25) is 0 Å². The molecule has 1 aliphatic carbocycles. The minimum Gasteiger partial charge on any atom is -0.489 e. The molecule has 1 fully saturated rings. The van der Waals surface area contributed by atoms with Gasteiger partial charge in [0.25, 0.3) is 0 Å². The van der Waals surface area contributed by atoms with E-state index in [-0.39, 0.29) is 37.0 Å². The maximum atomic E-state index is 13.4. The number of hydrogen-bond acceptors (Lipinski definition) is 3. The first-order chi connectivity index (χ1) is 11.5. The Bertz CT molecular complexity index is 557. The molecule has 0 bridgehead atoms. The Morgan fingerprint density at radius 1 is 1.38 bits per heavy atom. The summed E-state index contributed by atoms with van der Waals surface area (Å²) in [4.78, 5) is 13.5. The van der Waals surface area contributed by atoms with Crippen molar-refractivity contribution in [3.05, 3.63) is 29.8 Å². The molecule has 0 radical (unpaired) electrons. The number of halogens is 2. The van der Waals surface area contributed by atoms with Crippen LogP contribution in [-0.2, 0) is 0 Å². The number of hydrogen-bond donors (Lipinski definition) is 2. The number of nitrogens with one attached hydrogen (secondary N) is 1. The first-order valence-electron chi connectivity index (χ1n) is 8.22. The van der Waals surface area contributed by atoms with E-state index < -0.39 is 11.6 Å². The van der Waals surface area contributed by atoms with Crippen LogP contribution < -0.4 is 10.1 Å². The van der Waals surface area contributed by atoms with E-state index in [0.29, 0.717) is 6.54 Å². The van der Waals surface area contributed by atoms with Gasteiger partial charge in [-0.15, -0.1) is 0 Å². The molecular weight excluding hydrogens is 318 g/mol. The maximum Gasteiger partial charge on any atom is 0.317 e. The zero-order valence-electron chi connectivity index (χ0n) is 13.8. The molecule has 134 valence electrons. The van der Waals surface area contributed by atoms with E-state index in [2.05, 4.69) is 5.32 Å². The number of ether oxygens (including phenoxy) is 1. The summed E-state index contributed by atoms with van der Waals surface area (Å²) < 4.78 is 31.3. The van der Waals surface area contributed by atoms with Crippen molar-refractivity contribution in [3.8, 4) is 5.75 Å². The maximum absolute atomic E-state index is 13.4. The predicted molar refractivity (Wildman–Crippen MR) is 85.8 cm³/mol. The molecule has 1 aliphatic rings. The minimum atomic E-state index is -0.773. The molecule has 0 aromatic heterocycles. The fraction of sp³-hybridized carbons (Fsp3) is 0.588. The molecular formula is C17H24F2N2O3. The Morgan fingerprint density at radius 2 is 2.12 bits per heavy atom. The second-order valence-electron chi connectivity index (χ2n) is 6.15. The monoisotopic (exact) mass is 342 g/mol. The molecule has 2 unspecified atom stereocenters. The van der Waals surface area contributed by atoms with Gasteiger partial charge in [-0.3, -0.25) is 0 Å². The van der Waals surface area contributed by atoms with E-state index in [4.69, 9.17) is 4.74 Å². The summed E-state index contributed by atoms with van der Waals surface area (Å²) in [5, 5.41) is 12.6. The standard InChI is InChI=1S/C17H24F2N2O3/c1-21(11-12-4-2-3-5-15(12)22)17(23)20-8-9-24-16-7-6-13(18)10-14(16)19/h6-7,10,12,15,22H,2-5,8-9,11H2,1H3,(H,20,23).